The summed E-state index contributed by atoms with van der Waals surface area (Å²) in [5.41, 5.74) is 15.4. The Kier molecular flexibility index (Phi) is 14.9. The fourth-order valence-corrected chi connectivity index (χ4v) is 20.0. The van der Waals surface area contributed by atoms with Gasteiger partial charge in [-0.05, 0) is 274 Å². The number of fused-ring (bicyclic) bond motifs is 10. The first-order chi connectivity index (χ1) is 57.5. The van der Waals surface area contributed by atoms with E-state index < -0.39 is 0 Å². The zero-order valence-electron chi connectivity index (χ0n) is 63.4. The maximum Gasteiger partial charge on any atom is -0.00203 e. The molecule has 116 heavy (non-hydrogen) atoms. The Balaban J connectivity index is 0.000000101. The lowest BCUT2D eigenvalue weighted by atomic mass is 9.85. The summed E-state index contributed by atoms with van der Waals surface area (Å²) in [7, 11) is 0. The molecule has 26 aromatic carbocycles. The molecule has 0 saturated heterocycles. The van der Waals surface area contributed by atoms with Crippen molar-refractivity contribution in [2.24, 2.45) is 0 Å². The van der Waals surface area contributed by atoms with Crippen molar-refractivity contribution in [1.82, 2.24) is 0 Å². The molecule has 0 aliphatic heterocycles. The van der Waals surface area contributed by atoms with E-state index in [0.717, 1.165) is 0 Å². The minimum absolute atomic E-state index is 1.27. The van der Waals surface area contributed by atoms with Crippen LogP contribution in [0.25, 0.3) is 250 Å². The van der Waals surface area contributed by atoms with Gasteiger partial charge in [0.15, 0.2) is 0 Å². The van der Waals surface area contributed by atoms with Crippen LogP contribution in [0.15, 0.2) is 425 Å². The summed E-state index contributed by atoms with van der Waals surface area (Å²) < 4.78 is 0. The van der Waals surface area contributed by atoms with E-state index in [1.54, 1.807) is 0 Å². The molecule has 534 valence electrons. The lowest BCUT2D eigenvalue weighted by Gasteiger charge is -2.19. The summed E-state index contributed by atoms with van der Waals surface area (Å²) >= 11 is 0. The minimum atomic E-state index is 1.27. The maximum absolute atomic E-state index is 2.39. The zero-order chi connectivity index (χ0) is 76.1. The van der Waals surface area contributed by atoms with Crippen LogP contribution in [0.1, 0.15) is 0 Å². The third kappa shape index (κ3) is 10.3. The molecule has 0 N–H and O–H groups in total. The van der Waals surface area contributed by atoms with Crippen molar-refractivity contribution >= 4 is 183 Å². The van der Waals surface area contributed by atoms with E-state index in [4.69, 9.17) is 0 Å². The summed E-state index contributed by atoms with van der Waals surface area (Å²) in [6.45, 7) is 0. The van der Waals surface area contributed by atoms with Gasteiger partial charge in [-0.1, -0.05) is 400 Å². The fraction of sp³-hybridized carbons (Fsp3) is 0. The van der Waals surface area contributed by atoms with Crippen LogP contribution in [-0.4, -0.2) is 0 Å². The van der Waals surface area contributed by atoms with Gasteiger partial charge < -0.3 is 0 Å². The van der Waals surface area contributed by atoms with Crippen molar-refractivity contribution in [3.63, 3.8) is 0 Å². The molecule has 0 aliphatic carbocycles. The van der Waals surface area contributed by atoms with E-state index in [-0.39, 0.29) is 0 Å². The minimum Gasteiger partial charge on any atom is -0.0616 e. The molecule has 0 heteroatoms. The molecule has 0 unspecified atom stereocenters. The highest BCUT2D eigenvalue weighted by molar-refractivity contribution is 6.33. The molecule has 0 amide bonds. The second kappa shape index (κ2) is 26.3. The van der Waals surface area contributed by atoms with Gasteiger partial charge in [0.1, 0.15) is 0 Å². The van der Waals surface area contributed by atoms with Crippen molar-refractivity contribution in [3.05, 3.63) is 425 Å². The summed E-state index contributed by atoms with van der Waals surface area (Å²) in [6, 6.07) is 157. The zero-order valence-corrected chi connectivity index (χ0v) is 63.4. The van der Waals surface area contributed by atoms with Gasteiger partial charge in [0.05, 0.1) is 0 Å². The molecule has 0 fully saturated rings. The molecule has 26 rings (SSSR count). The van der Waals surface area contributed by atoms with E-state index in [9.17, 15) is 0 Å². The number of hydrogen-bond acceptors (Lipinski definition) is 0. The topological polar surface area (TPSA) is 0 Å². The van der Waals surface area contributed by atoms with Crippen LogP contribution in [0.3, 0.4) is 0 Å². The normalized spacial score (nSPS) is 12.0. The van der Waals surface area contributed by atoms with Crippen LogP contribution < -0.4 is 0 Å². The molecule has 0 nitrogen and oxygen atoms in total. The molecule has 0 radical (unpaired) electrons. The van der Waals surface area contributed by atoms with E-state index in [2.05, 4.69) is 425 Å². The van der Waals surface area contributed by atoms with Crippen LogP contribution >= 0.6 is 0 Å². The first-order valence-electron chi connectivity index (χ1n) is 40.4. The molecule has 0 heterocycles. The fourth-order valence-electron chi connectivity index (χ4n) is 20.0. The lowest BCUT2D eigenvalue weighted by Crippen LogP contribution is -1.91. The van der Waals surface area contributed by atoms with Gasteiger partial charge in [0.2, 0.25) is 0 Å². The van der Waals surface area contributed by atoms with Gasteiger partial charge in [-0.2, -0.15) is 0 Å². The van der Waals surface area contributed by atoms with Crippen LogP contribution in [0.4, 0.5) is 0 Å². The summed E-state index contributed by atoms with van der Waals surface area (Å²) in [6.07, 6.45) is 0. The average molecular weight is 1460 g/mol. The maximum atomic E-state index is 2.39. The first-order valence-corrected chi connectivity index (χ1v) is 40.4. The second-order valence-corrected chi connectivity index (χ2v) is 31.5. The molecule has 0 atom stereocenters. The van der Waals surface area contributed by atoms with E-state index >= 15 is 0 Å². The van der Waals surface area contributed by atoms with Crippen molar-refractivity contribution < 1.29 is 0 Å². The lowest BCUT2D eigenvalue weighted by molar-refractivity contribution is 1.68. The Bertz CT molecular complexity index is 8020. The third-order valence-electron chi connectivity index (χ3n) is 25.4. The van der Waals surface area contributed by atoms with Crippen LogP contribution in [0, 0.1) is 0 Å². The van der Waals surface area contributed by atoms with E-state index in [1.807, 2.05) is 0 Å². The average Bonchev–Trinajstić information content (AvgIpc) is 0.706. The van der Waals surface area contributed by atoms with E-state index in [1.165, 1.54) is 250 Å². The highest BCUT2D eigenvalue weighted by atomic mass is 14.3. The second-order valence-electron chi connectivity index (χ2n) is 31.5. The van der Waals surface area contributed by atoms with E-state index in [0.29, 0.717) is 0 Å². The molecule has 0 aromatic heterocycles. The SMILES string of the molecule is c1ccc2c(-c3ccc4ccc5c(-c6cccc7ccccc67)ccc6ccc3c4c65)cccc2c1.c1ccc2c(c1)cc(-c1ccc3ccc4c(-c5cc6ccccc6c6ccccc56)ccc5ccc1c3c54)c1ccccc12.c1ccc2cc(-c3ccc4ccc5c(-c6ccc7ccccc7c6)ccc6ccc3c4c65)ccc2c1. The highest BCUT2D eigenvalue weighted by Crippen LogP contribution is 2.50. The highest BCUT2D eigenvalue weighted by Gasteiger charge is 2.22. The number of hydrogen-bond donors (Lipinski definition) is 0. The first kappa shape index (κ1) is 65.6. The largest absolute Gasteiger partial charge is 0.0616 e. The Labute approximate surface area is 669 Å². The molecular weight excluding hydrogens is 1390 g/mol. The Morgan fingerprint density at radius 3 is 0.655 bits per heavy atom. The van der Waals surface area contributed by atoms with Gasteiger partial charge in [-0.3, -0.25) is 0 Å². The van der Waals surface area contributed by atoms with Gasteiger partial charge in [0.25, 0.3) is 0 Å². The molecular formula is C116H70. The van der Waals surface area contributed by atoms with Gasteiger partial charge in [-0.15, -0.1) is 0 Å². The quantitative estimate of drug-likeness (QED) is 0.146. The number of benzene rings is 26. The van der Waals surface area contributed by atoms with Crippen LogP contribution in [0.5, 0.6) is 0 Å². The van der Waals surface area contributed by atoms with Crippen LogP contribution in [-0.2, 0) is 0 Å². The Morgan fingerprint density at radius 1 is 0.0862 bits per heavy atom. The summed E-state index contributed by atoms with van der Waals surface area (Å²) in [4.78, 5) is 0. The molecule has 26 aromatic rings. The van der Waals surface area contributed by atoms with Gasteiger partial charge >= 0.3 is 0 Å². The van der Waals surface area contributed by atoms with Crippen molar-refractivity contribution in [1.29, 1.82) is 0 Å². The Hall–Kier alpha value is -15.1. The molecule has 0 saturated carbocycles. The van der Waals surface area contributed by atoms with Gasteiger partial charge in [0, 0.05) is 0 Å². The number of rotatable bonds is 6. The molecule has 0 aliphatic rings. The van der Waals surface area contributed by atoms with Crippen LogP contribution in [0.2, 0.25) is 0 Å². The molecule has 0 spiro atoms. The van der Waals surface area contributed by atoms with Gasteiger partial charge in [-0.25, -0.2) is 0 Å². The summed E-state index contributed by atoms with van der Waals surface area (Å²) in [5.74, 6) is 0. The van der Waals surface area contributed by atoms with Crippen molar-refractivity contribution in [2.45, 2.75) is 0 Å². The third-order valence-corrected chi connectivity index (χ3v) is 25.4. The standard InChI is InChI=1S/C44H26.2C36H22/c1-3-11-31-29(9-1)25-41(35-15-7-5-13-33(31)35)37-21-17-27-20-24-40-38(22-18-28-19-23-39(37)43(27)44(28)40)42-26-30-10-2-4-12-32(30)34-14-6-8-16-36(34)42;1-3-11-27-23(7-1)9-5-13-29(27)31-19-15-25-18-22-34-32(20-16-26-17-21-33(31)35(25)36(26)34)30-14-6-10-24-8-2-4-12-28(24)30;1-3-7-27-21-29(11-9-23(27)5-1)31-17-13-25-16-20-34-32(18-14-26-15-19-33(31)35(25)36(26)34)30-12-10-24-6-2-4-8-28(24)22-30/h1-26H;2*1-22H. The van der Waals surface area contributed by atoms with Crippen molar-refractivity contribution in [3.8, 4) is 66.8 Å². The predicted molar refractivity (Wildman–Crippen MR) is 503 cm³/mol. The predicted octanol–water partition coefficient (Wildman–Crippen LogP) is 33.0. The summed E-state index contributed by atoms with van der Waals surface area (Å²) in [5, 5.41) is 44.4. The Morgan fingerprint density at radius 2 is 0.310 bits per heavy atom. The van der Waals surface area contributed by atoms with Crippen molar-refractivity contribution in [2.75, 3.05) is 0 Å². The molecule has 0 bridgehead atoms. The smallest absolute Gasteiger partial charge is 0.00203 e. The monoisotopic (exact) mass is 1460 g/mol.